The zero-order chi connectivity index (χ0) is 14.8. The number of nitrogens with two attached hydrogens (primary N) is 1. The predicted octanol–water partition coefficient (Wildman–Crippen LogP) is 0.297. The van der Waals surface area contributed by atoms with Crippen LogP contribution in [0.25, 0.3) is 0 Å². The molecule has 1 aliphatic rings. The van der Waals surface area contributed by atoms with Crippen molar-refractivity contribution in [3.05, 3.63) is 17.8 Å². The summed E-state index contributed by atoms with van der Waals surface area (Å²) in [4.78, 5) is 15.7. The molecule has 0 aromatic carbocycles. The van der Waals surface area contributed by atoms with E-state index >= 15 is 0 Å². The van der Waals surface area contributed by atoms with Crippen molar-refractivity contribution in [3.63, 3.8) is 0 Å². The summed E-state index contributed by atoms with van der Waals surface area (Å²) in [5.41, 5.74) is 6.20. The van der Waals surface area contributed by atoms with Gasteiger partial charge in [-0.2, -0.15) is 0 Å². The number of sulfone groups is 1. The second-order valence-electron chi connectivity index (χ2n) is 4.81. The molecular formula is C12H17N3O4S. The van der Waals surface area contributed by atoms with Gasteiger partial charge in [0.15, 0.2) is 9.84 Å². The summed E-state index contributed by atoms with van der Waals surface area (Å²) in [6.07, 6.45) is 2.05. The molecule has 1 atom stereocenters. The summed E-state index contributed by atoms with van der Waals surface area (Å²) in [6.45, 7) is 0.445. The van der Waals surface area contributed by atoms with E-state index in [1.807, 2.05) is 0 Å². The summed E-state index contributed by atoms with van der Waals surface area (Å²) in [5.74, 6) is 0.243. The number of rotatable bonds is 4. The molecule has 7 nitrogen and oxygen atoms in total. The Bertz CT molecular complexity index is 615. The maximum Gasteiger partial charge on any atom is 0.341 e. The van der Waals surface area contributed by atoms with Gasteiger partial charge in [-0.05, 0) is 18.4 Å². The average Bonchev–Trinajstić information content (AvgIpc) is 2.76. The highest BCUT2D eigenvalue weighted by Gasteiger charge is 2.28. The third-order valence-electron chi connectivity index (χ3n) is 3.20. The third-order valence-corrected chi connectivity index (χ3v) is 5.04. The van der Waals surface area contributed by atoms with E-state index in [9.17, 15) is 13.2 Å². The molecule has 1 fully saturated rings. The second-order valence-corrected chi connectivity index (χ2v) is 7.04. The number of pyridine rings is 1. The highest BCUT2D eigenvalue weighted by atomic mass is 32.2. The number of carbonyl (C=O) groups excluding carboxylic acids is 1. The van der Waals surface area contributed by atoms with Crippen LogP contribution in [0.3, 0.4) is 0 Å². The van der Waals surface area contributed by atoms with Crippen LogP contribution in [0.5, 0.6) is 0 Å². The van der Waals surface area contributed by atoms with Gasteiger partial charge in [-0.15, -0.1) is 0 Å². The molecule has 1 aromatic rings. The first-order valence-corrected chi connectivity index (χ1v) is 8.01. The number of anilines is 2. The van der Waals surface area contributed by atoms with Gasteiger partial charge in [0.05, 0.1) is 30.5 Å². The Morgan fingerprint density at radius 1 is 1.60 bits per heavy atom. The monoisotopic (exact) mass is 299 g/mol. The lowest BCUT2D eigenvalue weighted by molar-refractivity contribution is 0.0601. The van der Waals surface area contributed by atoms with E-state index in [-0.39, 0.29) is 23.0 Å². The third kappa shape index (κ3) is 3.38. The summed E-state index contributed by atoms with van der Waals surface area (Å²) >= 11 is 0. The number of nitrogens with zero attached hydrogens (tertiary/aromatic N) is 1. The largest absolute Gasteiger partial charge is 0.465 e. The number of hydrogen-bond acceptors (Lipinski definition) is 7. The fourth-order valence-electron chi connectivity index (χ4n) is 2.16. The number of nitrogen functional groups attached to an aromatic ring is 1. The van der Waals surface area contributed by atoms with Crippen LogP contribution in [0.15, 0.2) is 12.3 Å². The van der Waals surface area contributed by atoms with Crippen molar-refractivity contribution >= 4 is 27.3 Å². The standard InChI is InChI=1S/C12H17N3O4S/c1-19-12(16)10-4-9(13)6-15-11(10)14-5-8-2-3-20(17,18)7-8/h4,6,8H,2-3,5,7,13H2,1H3,(H,14,15). The number of esters is 1. The molecule has 2 rings (SSSR count). The quantitative estimate of drug-likeness (QED) is 0.769. The van der Waals surface area contributed by atoms with Crippen molar-refractivity contribution in [1.29, 1.82) is 0 Å². The summed E-state index contributed by atoms with van der Waals surface area (Å²) in [5, 5.41) is 3.00. The minimum atomic E-state index is -2.91. The normalized spacial score (nSPS) is 20.6. The molecule has 20 heavy (non-hydrogen) atoms. The molecule has 0 spiro atoms. The molecule has 0 saturated carbocycles. The molecular weight excluding hydrogens is 282 g/mol. The zero-order valence-electron chi connectivity index (χ0n) is 11.1. The van der Waals surface area contributed by atoms with Gasteiger partial charge >= 0.3 is 5.97 Å². The van der Waals surface area contributed by atoms with Crippen LogP contribution in [0.2, 0.25) is 0 Å². The van der Waals surface area contributed by atoms with E-state index in [1.54, 1.807) is 0 Å². The fourth-order valence-corrected chi connectivity index (χ4v) is 4.02. The van der Waals surface area contributed by atoms with E-state index in [0.29, 0.717) is 24.5 Å². The van der Waals surface area contributed by atoms with Crippen LogP contribution in [0, 0.1) is 5.92 Å². The zero-order valence-corrected chi connectivity index (χ0v) is 11.9. The van der Waals surface area contributed by atoms with E-state index in [1.165, 1.54) is 19.4 Å². The number of hydrogen-bond donors (Lipinski definition) is 2. The van der Waals surface area contributed by atoms with Gasteiger partial charge in [-0.1, -0.05) is 0 Å². The predicted molar refractivity (Wildman–Crippen MR) is 75.2 cm³/mol. The van der Waals surface area contributed by atoms with Crippen LogP contribution >= 0.6 is 0 Å². The average molecular weight is 299 g/mol. The first-order valence-electron chi connectivity index (χ1n) is 6.19. The number of ether oxygens (including phenoxy) is 1. The van der Waals surface area contributed by atoms with E-state index in [4.69, 9.17) is 5.73 Å². The Kier molecular flexibility index (Phi) is 4.12. The molecule has 1 aliphatic heterocycles. The summed E-state index contributed by atoms with van der Waals surface area (Å²) in [7, 11) is -1.63. The van der Waals surface area contributed by atoms with Crippen molar-refractivity contribution in [2.45, 2.75) is 6.42 Å². The molecule has 0 radical (unpaired) electrons. The van der Waals surface area contributed by atoms with Crippen molar-refractivity contribution in [3.8, 4) is 0 Å². The molecule has 1 aromatic heterocycles. The number of carbonyl (C=O) groups is 1. The van der Waals surface area contributed by atoms with Gasteiger partial charge in [0.2, 0.25) is 0 Å². The Morgan fingerprint density at radius 2 is 2.35 bits per heavy atom. The molecule has 110 valence electrons. The Morgan fingerprint density at radius 3 is 2.95 bits per heavy atom. The molecule has 3 N–H and O–H groups in total. The van der Waals surface area contributed by atoms with Crippen LogP contribution in [-0.2, 0) is 14.6 Å². The smallest absolute Gasteiger partial charge is 0.341 e. The first kappa shape index (κ1) is 14.6. The molecule has 8 heteroatoms. The van der Waals surface area contributed by atoms with E-state index < -0.39 is 15.8 Å². The molecule has 0 aliphatic carbocycles. The SMILES string of the molecule is COC(=O)c1cc(N)cnc1NCC1CCS(=O)(=O)C1. The Balaban J connectivity index is 2.08. The topological polar surface area (TPSA) is 111 Å². The van der Waals surface area contributed by atoms with Crippen LogP contribution < -0.4 is 11.1 Å². The molecule has 1 unspecified atom stereocenters. The van der Waals surface area contributed by atoms with Gasteiger partial charge in [-0.25, -0.2) is 18.2 Å². The fraction of sp³-hybridized carbons (Fsp3) is 0.500. The second kappa shape index (κ2) is 5.66. The van der Waals surface area contributed by atoms with Crippen LogP contribution in [-0.4, -0.2) is 44.5 Å². The lowest BCUT2D eigenvalue weighted by Crippen LogP contribution is -2.18. The number of methoxy groups -OCH3 is 1. The van der Waals surface area contributed by atoms with Crippen molar-refractivity contribution < 1.29 is 17.9 Å². The number of nitrogens with one attached hydrogen (secondary N) is 1. The molecule has 0 bridgehead atoms. The Hall–Kier alpha value is -1.83. The van der Waals surface area contributed by atoms with Crippen molar-refractivity contribution in [2.24, 2.45) is 5.92 Å². The van der Waals surface area contributed by atoms with Crippen LogP contribution in [0.1, 0.15) is 16.8 Å². The van der Waals surface area contributed by atoms with Crippen molar-refractivity contribution in [2.75, 3.05) is 36.2 Å². The molecule has 2 heterocycles. The maximum atomic E-state index is 11.6. The molecule has 0 amide bonds. The highest BCUT2D eigenvalue weighted by molar-refractivity contribution is 7.91. The number of aromatic nitrogens is 1. The van der Waals surface area contributed by atoms with Gasteiger partial charge in [0.25, 0.3) is 0 Å². The summed E-state index contributed by atoms with van der Waals surface area (Å²) in [6, 6.07) is 1.48. The van der Waals surface area contributed by atoms with Gasteiger partial charge in [0, 0.05) is 6.54 Å². The van der Waals surface area contributed by atoms with Crippen molar-refractivity contribution in [1.82, 2.24) is 4.98 Å². The van der Waals surface area contributed by atoms with Gasteiger partial charge in [0.1, 0.15) is 11.4 Å². The first-order chi connectivity index (χ1) is 9.41. The minimum absolute atomic E-state index is 0.0323. The van der Waals surface area contributed by atoms with Gasteiger partial charge < -0.3 is 15.8 Å². The van der Waals surface area contributed by atoms with Gasteiger partial charge in [-0.3, -0.25) is 0 Å². The maximum absolute atomic E-state index is 11.6. The van der Waals surface area contributed by atoms with E-state index in [0.717, 1.165) is 0 Å². The Labute approximate surface area is 117 Å². The lowest BCUT2D eigenvalue weighted by Gasteiger charge is -2.13. The minimum Gasteiger partial charge on any atom is -0.465 e. The van der Waals surface area contributed by atoms with Crippen LogP contribution in [0.4, 0.5) is 11.5 Å². The summed E-state index contributed by atoms with van der Waals surface area (Å²) < 4.78 is 27.4. The van der Waals surface area contributed by atoms with E-state index in [2.05, 4.69) is 15.0 Å². The highest BCUT2D eigenvalue weighted by Crippen LogP contribution is 2.21. The molecule has 1 saturated heterocycles. The lowest BCUT2D eigenvalue weighted by atomic mass is 10.1.